The lowest BCUT2D eigenvalue weighted by molar-refractivity contribution is 0.476. The number of aryl methyl sites for hydroxylation is 1. The van der Waals surface area contributed by atoms with E-state index >= 15 is 0 Å². The summed E-state index contributed by atoms with van der Waals surface area (Å²) < 4.78 is 13.2. The Hall–Kier alpha value is -0.940. The molecule has 108 valence electrons. The van der Waals surface area contributed by atoms with E-state index in [4.69, 9.17) is 17.4 Å². The van der Waals surface area contributed by atoms with Crippen LogP contribution in [0.2, 0.25) is 5.02 Å². The van der Waals surface area contributed by atoms with Gasteiger partial charge >= 0.3 is 0 Å². The molecule has 3 N–H and O–H groups in total. The molecule has 0 fully saturated rings. The Morgan fingerprint density at radius 1 is 1.35 bits per heavy atom. The van der Waals surface area contributed by atoms with Gasteiger partial charge in [-0.05, 0) is 60.9 Å². The van der Waals surface area contributed by atoms with E-state index in [0.717, 1.165) is 24.8 Å². The zero-order valence-electron chi connectivity index (χ0n) is 11.1. The Morgan fingerprint density at radius 3 is 2.90 bits per heavy atom. The zero-order chi connectivity index (χ0) is 14.4. The number of nitrogens with one attached hydrogen (secondary N) is 1. The van der Waals surface area contributed by atoms with Gasteiger partial charge < -0.3 is 0 Å². The highest BCUT2D eigenvalue weighted by molar-refractivity contribution is 7.09. The highest BCUT2D eigenvalue weighted by atomic mass is 35.5. The van der Waals surface area contributed by atoms with Gasteiger partial charge in [0.2, 0.25) is 0 Å². The minimum atomic E-state index is -0.265. The van der Waals surface area contributed by atoms with E-state index in [1.807, 2.05) is 0 Å². The van der Waals surface area contributed by atoms with Gasteiger partial charge in [0.05, 0.1) is 0 Å². The Bertz CT molecular complexity index is 531. The van der Waals surface area contributed by atoms with Crippen LogP contribution in [0.5, 0.6) is 0 Å². The van der Waals surface area contributed by atoms with E-state index in [-0.39, 0.29) is 11.9 Å². The van der Waals surface area contributed by atoms with Crippen molar-refractivity contribution >= 4 is 22.9 Å². The Balaban J connectivity index is 1.86. The molecule has 0 spiro atoms. The van der Waals surface area contributed by atoms with Crippen LogP contribution in [0.25, 0.3) is 0 Å². The van der Waals surface area contributed by atoms with E-state index < -0.39 is 0 Å². The lowest BCUT2D eigenvalue weighted by Crippen LogP contribution is -2.36. The number of nitrogens with two attached hydrogens (primary N) is 1. The maximum atomic E-state index is 13.2. The summed E-state index contributed by atoms with van der Waals surface area (Å²) in [5.74, 6) is 5.32. The molecule has 0 bridgehead atoms. The van der Waals surface area contributed by atoms with Crippen molar-refractivity contribution < 1.29 is 4.39 Å². The standard InChI is InChI=1S/C15H18ClFN2S/c16-15-7-6-12(17)9-11(15)10-13(19-18)3-1-4-14-5-2-8-20-14/h2,5-9,13,19H,1,3-4,10,18H2. The van der Waals surface area contributed by atoms with Gasteiger partial charge in [-0.2, -0.15) is 0 Å². The lowest BCUT2D eigenvalue weighted by Gasteiger charge is -2.16. The highest BCUT2D eigenvalue weighted by Gasteiger charge is 2.11. The van der Waals surface area contributed by atoms with E-state index in [1.54, 1.807) is 17.4 Å². The first-order valence-electron chi connectivity index (χ1n) is 6.61. The largest absolute Gasteiger partial charge is 0.271 e. The number of rotatable bonds is 7. The summed E-state index contributed by atoms with van der Waals surface area (Å²) in [6.45, 7) is 0. The van der Waals surface area contributed by atoms with Crippen LogP contribution in [0.4, 0.5) is 4.39 Å². The molecule has 1 heterocycles. The minimum absolute atomic E-state index is 0.106. The second-order valence-electron chi connectivity index (χ2n) is 4.78. The number of halogens is 2. The molecule has 1 atom stereocenters. The van der Waals surface area contributed by atoms with Crippen LogP contribution >= 0.6 is 22.9 Å². The van der Waals surface area contributed by atoms with Crippen molar-refractivity contribution in [1.29, 1.82) is 0 Å². The zero-order valence-corrected chi connectivity index (χ0v) is 12.7. The lowest BCUT2D eigenvalue weighted by atomic mass is 10.0. The molecule has 2 nitrogen and oxygen atoms in total. The van der Waals surface area contributed by atoms with Gasteiger partial charge in [0.25, 0.3) is 0 Å². The molecule has 0 saturated carbocycles. The van der Waals surface area contributed by atoms with Crippen molar-refractivity contribution in [2.75, 3.05) is 0 Å². The smallest absolute Gasteiger partial charge is 0.123 e. The predicted octanol–water partition coefficient (Wildman–Crippen LogP) is 3.94. The summed E-state index contributed by atoms with van der Waals surface area (Å²) in [7, 11) is 0. The quantitative estimate of drug-likeness (QED) is 0.600. The molecular formula is C15H18ClFN2S. The monoisotopic (exact) mass is 312 g/mol. The van der Waals surface area contributed by atoms with Gasteiger partial charge in [-0.15, -0.1) is 11.3 Å². The molecule has 0 radical (unpaired) electrons. The molecule has 1 aromatic carbocycles. The maximum Gasteiger partial charge on any atom is 0.123 e. The molecule has 0 aliphatic heterocycles. The number of benzene rings is 1. The van der Waals surface area contributed by atoms with E-state index in [2.05, 4.69) is 22.9 Å². The summed E-state index contributed by atoms with van der Waals surface area (Å²) in [4.78, 5) is 1.38. The molecule has 0 saturated heterocycles. The molecule has 0 amide bonds. The number of hydrogen-bond acceptors (Lipinski definition) is 3. The third-order valence-electron chi connectivity index (χ3n) is 3.27. The molecule has 1 unspecified atom stereocenters. The first-order valence-corrected chi connectivity index (χ1v) is 7.87. The van der Waals surface area contributed by atoms with Crippen LogP contribution < -0.4 is 11.3 Å². The number of thiophene rings is 1. The van der Waals surface area contributed by atoms with Crippen molar-refractivity contribution in [3.63, 3.8) is 0 Å². The first-order chi connectivity index (χ1) is 9.69. The fourth-order valence-corrected chi connectivity index (χ4v) is 3.13. The molecule has 5 heteroatoms. The second kappa shape index (κ2) is 7.74. The van der Waals surface area contributed by atoms with Gasteiger partial charge in [0.1, 0.15) is 5.82 Å². The molecule has 1 aromatic heterocycles. The van der Waals surface area contributed by atoms with Crippen LogP contribution in [-0.4, -0.2) is 6.04 Å². The Labute approximate surface area is 127 Å². The summed E-state index contributed by atoms with van der Waals surface area (Å²) in [5, 5.41) is 2.67. The van der Waals surface area contributed by atoms with E-state index in [0.29, 0.717) is 11.4 Å². The molecule has 20 heavy (non-hydrogen) atoms. The van der Waals surface area contributed by atoms with E-state index in [1.165, 1.54) is 17.0 Å². The second-order valence-corrected chi connectivity index (χ2v) is 6.21. The highest BCUT2D eigenvalue weighted by Crippen LogP contribution is 2.20. The van der Waals surface area contributed by atoms with Crippen molar-refractivity contribution in [3.8, 4) is 0 Å². The van der Waals surface area contributed by atoms with Gasteiger partial charge in [-0.1, -0.05) is 17.7 Å². The van der Waals surface area contributed by atoms with Crippen LogP contribution in [0, 0.1) is 5.82 Å². The van der Waals surface area contributed by atoms with Gasteiger partial charge in [0.15, 0.2) is 0 Å². The van der Waals surface area contributed by atoms with Crippen molar-refractivity contribution in [2.24, 2.45) is 5.84 Å². The summed E-state index contributed by atoms with van der Waals surface area (Å²) in [6.07, 6.45) is 3.66. The molecule has 0 aliphatic rings. The Kier molecular flexibility index (Phi) is 5.98. The number of hydrazine groups is 1. The minimum Gasteiger partial charge on any atom is -0.271 e. The fourth-order valence-electron chi connectivity index (χ4n) is 2.19. The first kappa shape index (κ1) is 15.4. The normalized spacial score (nSPS) is 12.6. The SMILES string of the molecule is NNC(CCCc1cccs1)Cc1cc(F)ccc1Cl. The average Bonchev–Trinajstić information content (AvgIpc) is 2.94. The van der Waals surface area contributed by atoms with Crippen LogP contribution in [-0.2, 0) is 12.8 Å². The maximum absolute atomic E-state index is 13.2. The fraction of sp³-hybridized carbons (Fsp3) is 0.333. The third kappa shape index (κ3) is 4.56. The molecule has 2 rings (SSSR count). The van der Waals surface area contributed by atoms with Gasteiger partial charge in [0, 0.05) is 15.9 Å². The third-order valence-corrected chi connectivity index (χ3v) is 4.57. The van der Waals surface area contributed by atoms with Crippen LogP contribution in [0.1, 0.15) is 23.3 Å². The molecular weight excluding hydrogens is 295 g/mol. The summed E-state index contributed by atoms with van der Waals surface area (Å²) in [5.41, 5.74) is 3.60. The average molecular weight is 313 g/mol. The van der Waals surface area contributed by atoms with Gasteiger partial charge in [-0.25, -0.2) is 4.39 Å². The van der Waals surface area contributed by atoms with Crippen LogP contribution in [0.15, 0.2) is 35.7 Å². The molecule has 2 aromatic rings. The van der Waals surface area contributed by atoms with Crippen LogP contribution in [0.3, 0.4) is 0 Å². The summed E-state index contributed by atoms with van der Waals surface area (Å²) in [6, 6.07) is 8.74. The van der Waals surface area contributed by atoms with Crippen molar-refractivity contribution in [1.82, 2.24) is 5.43 Å². The summed E-state index contributed by atoms with van der Waals surface area (Å²) >= 11 is 7.85. The molecule has 0 aliphatic carbocycles. The predicted molar refractivity (Wildman–Crippen MR) is 83.5 cm³/mol. The Morgan fingerprint density at radius 2 is 2.20 bits per heavy atom. The van der Waals surface area contributed by atoms with Gasteiger partial charge in [-0.3, -0.25) is 11.3 Å². The number of hydrogen-bond donors (Lipinski definition) is 2. The van der Waals surface area contributed by atoms with Crippen molar-refractivity contribution in [3.05, 3.63) is 57.0 Å². The van der Waals surface area contributed by atoms with Crippen molar-refractivity contribution in [2.45, 2.75) is 31.7 Å². The topological polar surface area (TPSA) is 38.0 Å². The van der Waals surface area contributed by atoms with E-state index in [9.17, 15) is 4.39 Å².